The van der Waals surface area contributed by atoms with Gasteiger partial charge in [-0.05, 0) is 44.4 Å². The summed E-state index contributed by atoms with van der Waals surface area (Å²) < 4.78 is 5.33. The average Bonchev–Trinajstić information content (AvgIpc) is 2.62. The lowest BCUT2D eigenvalue weighted by Gasteiger charge is -2.39. The topological polar surface area (TPSA) is 119 Å². The third-order valence-corrected chi connectivity index (χ3v) is 5.05. The number of nitrogens with two attached hydrogens (primary N) is 1. The number of esters is 1. The molecule has 3 atom stereocenters. The molecule has 0 spiro atoms. The Balaban J connectivity index is 2.17. The molecule has 1 aromatic rings. The number of Topliss-reactive ketones (excluding diaryl/α,β-unsaturated/α-hetero) is 1. The number of aliphatic carboxylic acids is 1. The maximum absolute atomic E-state index is 13.1. The van der Waals surface area contributed by atoms with Crippen molar-refractivity contribution < 1.29 is 24.2 Å². The second kappa shape index (κ2) is 8.62. The number of ketones is 1. The lowest BCUT2D eigenvalue weighted by Crippen LogP contribution is -2.56. The van der Waals surface area contributed by atoms with E-state index in [2.05, 4.69) is 5.32 Å². The molecule has 142 valence electrons. The second-order valence-corrected chi connectivity index (χ2v) is 6.76. The van der Waals surface area contributed by atoms with Crippen LogP contribution in [0.2, 0.25) is 5.02 Å². The van der Waals surface area contributed by atoms with E-state index in [0.29, 0.717) is 29.8 Å². The summed E-state index contributed by atoms with van der Waals surface area (Å²) in [4.78, 5) is 35.9. The summed E-state index contributed by atoms with van der Waals surface area (Å²) in [6.45, 7) is 0. The van der Waals surface area contributed by atoms with Crippen LogP contribution < -0.4 is 11.1 Å². The second-order valence-electron chi connectivity index (χ2n) is 6.36. The number of ether oxygens (including phenoxy) is 1. The van der Waals surface area contributed by atoms with Crippen LogP contribution in [-0.2, 0) is 24.7 Å². The van der Waals surface area contributed by atoms with Gasteiger partial charge in [0, 0.05) is 11.4 Å². The Morgan fingerprint density at radius 1 is 1.46 bits per heavy atom. The predicted molar refractivity (Wildman–Crippen MR) is 95.8 cm³/mol. The molecular weight excluding hydrogens is 360 g/mol. The van der Waals surface area contributed by atoms with Crippen LogP contribution in [0, 0.1) is 0 Å². The van der Waals surface area contributed by atoms with Crippen LogP contribution in [0.4, 0.5) is 0 Å². The minimum absolute atomic E-state index is 0.0449. The Labute approximate surface area is 156 Å². The summed E-state index contributed by atoms with van der Waals surface area (Å²) in [6.07, 6.45) is 0.344. The van der Waals surface area contributed by atoms with Gasteiger partial charge in [-0.25, -0.2) is 0 Å². The van der Waals surface area contributed by atoms with Crippen molar-refractivity contribution in [2.24, 2.45) is 5.73 Å². The van der Waals surface area contributed by atoms with E-state index in [0.717, 1.165) is 0 Å². The molecule has 0 aromatic heterocycles. The molecule has 0 amide bonds. The minimum Gasteiger partial charge on any atom is -0.481 e. The molecule has 1 saturated carbocycles. The predicted octanol–water partition coefficient (Wildman–Crippen LogP) is 1.61. The smallest absolute Gasteiger partial charge is 0.323 e. The van der Waals surface area contributed by atoms with Gasteiger partial charge in [0.2, 0.25) is 0 Å². The number of benzene rings is 1. The molecule has 1 aliphatic carbocycles. The van der Waals surface area contributed by atoms with Crippen LogP contribution in [0.1, 0.15) is 37.7 Å². The van der Waals surface area contributed by atoms with Gasteiger partial charge in [-0.15, -0.1) is 0 Å². The lowest BCUT2D eigenvalue weighted by atomic mass is 9.74. The van der Waals surface area contributed by atoms with Crippen LogP contribution in [0.15, 0.2) is 24.3 Å². The zero-order chi connectivity index (χ0) is 19.3. The maximum atomic E-state index is 13.1. The molecule has 0 heterocycles. The number of carboxylic acids is 1. The largest absolute Gasteiger partial charge is 0.481 e. The Morgan fingerprint density at radius 2 is 2.15 bits per heavy atom. The van der Waals surface area contributed by atoms with Crippen LogP contribution in [0.5, 0.6) is 0 Å². The van der Waals surface area contributed by atoms with E-state index in [9.17, 15) is 14.4 Å². The Bertz CT molecular complexity index is 696. The number of nitrogens with one attached hydrogen (secondary N) is 1. The monoisotopic (exact) mass is 382 g/mol. The molecule has 0 bridgehead atoms. The lowest BCUT2D eigenvalue weighted by molar-refractivity contribution is -0.161. The highest BCUT2D eigenvalue weighted by molar-refractivity contribution is 6.31. The number of rotatable bonds is 7. The number of halogens is 1. The first-order chi connectivity index (χ1) is 12.3. The van der Waals surface area contributed by atoms with Gasteiger partial charge in [-0.1, -0.05) is 29.8 Å². The average molecular weight is 383 g/mol. The first kappa shape index (κ1) is 20.4. The fraction of sp³-hybridized carbons (Fsp3) is 0.500. The molecule has 0 aliphatic heterocycles. The van der Waals surface area contributed by atoms with E-state index in [4.69, 9.17) is 27.2 Å². The Kier molecular flexibility index (Phi) is 6.75. The summed E-state index contributed by atoms with van der Waals surface area (Å²) in [5, 5.41) is 12.2. The van der Waals surface area contributed by atoms with Crippen LogP contribution in [0.3, 0.4) is 0 Å². The molecule has 1 fully saturated rings. The summed E-state index contributed by atoms with van der Waals surface area (Å²) in [6, 6.07) is 5.98. The molecular formula is C18H23ClN2O5. The van der Waals surface area contributed by atoms with Crippen molar-refractivity contribution in [3.63, 3.8) is 0 Å². The zero-order valence-electron chi connectivity index (χ0n) is 14.5. The van der Waals surface area contributed by atoms with Gasteiger partial charge >= 0.3 is 11.9 Å². The van der Waals surface area contributed by atoms with Crippen LogP contribution >= 0.6 is 11.6 Å². The molecule has 0 radical (unpaired) electrons. The zero-order valence-corrected chi connectivity index (χ0v) is 15.3. The van der Waals surface area contributed by atoms with Gasteiger partial charge in [0.25, 0.3) is 0 Å². The quantitative estimate of drug-likeness (QED) is 0.613. The van der Waals surface area contributed by atoms with Gasteiger partial charge < -0.3 is 20.9 Å². The molecule has 7 nitrogen and oxygen atoms in total. The molecule has 8 heteroatoms. The van der Waals surface area contributed by atoms with E-state index in [1.54, 1.807) is 31.3 Å². The van der Waals surface area contributed by atoms with Gasteiger partial charge in [0.15, 0.2) is 11.9 Å². The first-order valence-corrected chi connectivity index (χ1v) is 8.85. The van der Waals surface area contributed by atoms with Gasteiger partial charge in [0.1, 0.15) is 11.6 Å². The fourth-order valence-electron chi connectivity index (χ4n) is 3.28. The van der Waals surface area contributed by atoms with Gasteiger partial charge in [-0.2, -0.15) is 0 Å². The van der Waals surface area contributed by atoms with Gasteiger partial charge in [-0.3, -0.25) is 14.4 Å². The number of likely N-dealkylation sites (N-methyl/N-ethyl adjacent to an activating group) is 1. The Morgan fingerprint density at radius 3 is 2.77 bits per heavy atom. The van der Waals surface area contributed by atoms with Crippen molar-refractivity contribution in [1.29, 1.82) is 0 Å². The third kappa shape index (κ3) is 4.23. The summed E-state index contributed by atoms with van der Waals surface area (Å²) in [5.41, 5.74) is 5.29. The molecule has 4 N–H and O–H groups in total. The van der Waals surface area contributed by atoms with Crippen molar-refractivity contribution >= 4 is 29.3 Å². The number of carbonyl (C=O) groups is 3. The molecule has 0 saturated heterocycles. The normalized spacial score (nSPS) is 24.1. The summed E-state index contributed by atoms with van der Waals surface area (Å²) >= 11 is 6.29. The van der Waals surface area contributed by atoms with E-state index in [1.807, 2.05) is 0 Å². The third-order valence-electron chi connectivity index (χ3n) is 4.72. The molecule has 26 heavy (non-hydrogen) atoms. The van der Waals surface area contributed by atoms with E-state index < -0.39 is 29.6 Å². The summed E-state index contributed by atoms with van der Waals surface area (Å²) in [7, 11) is 1.67. The highest BCUT2D eigenvalue weighted by atomic mass is 35.5. The number of carboxylic acid groups (broad SMARTS) is 1. The highest BCUT2D eigenvalue weighted by Gasteiger charge is 2.47. The number of hydrogen-bond donors (Lipinski definition) is 3. The maximum Gasteiger partial charge on any atom is 0.323 e. The van der Waals surface area contributed by atoms with Gasteiger partial charge in [0.05, 0.1) is 0 Å². The van der Waals surface area contributed by atoms with E-state index >= 15 is 0 Å². The van der Waals surface area contributed by atoms with Crippen LogP contribution in [-0.4, -0.2) is 42.0 Å². The molecule has 1 aromatic carbocycles. The minimum atomic E-state index is -1.08. The van der Waals surface area contributed by atoms with Crippen molar-refractivity contribution in [2.45, 2.75) is 49.8 Å². The van der Waals surface area contributed by atoms with Crippen molar-refractivity contribution in [2.75, 3.05) is 7.05 Å². The van der Waals surface area contributed by atoms with Crippen molar-refractivity contribution in [1.82, 2.24) is 5.32 Å². The fourth-order valence-corrected chi connectivity index (χ4v) is 3.57. The Hall–Kier alpha value is -1.96. The standard InChI is InChI=1S/C18H23ClN2O5/c1-21-18(11-5-2-3-6-12(11)19)10-4-7-14(16(18)24)26-17(25)13(20)8-9-15(22)23/h2-3,5-6,13-14,21H,4,7-10,20H2,1H3,(H,22,23)/t13-,14+,18-/m0/s1. The molecule has 2 rings (SSSR count). The SMILES string of the molecule is CN[C@]1(c2ccccc2Cl)CCC[C@@H](OC(=O)[C@@H](N)CCC(=O)O)C1=O. The van der Waals surface area contributed by atoms with Crippen LogP contribution in [0.25, 0.3) is 0 Å². The highest BCUT2D eigenvalue weighted by Crippen LogP contribution is 2.38. The van der Waals surface area contributed by atoms with Crippen molar-refractivity contribution in [3.8, 4) is 0 Å². The number of carbonyl (C=O) groups excluding carboxylic acids is 2. The van der Waals surface area contributed by atoms with E-state index in [-0.39, 0.29) is 18.6 Å². The molecule has 1 aliphatic rings. The molecule has 0 unspecified atom stereocenters. The summed E-state index contributed by atoms with van der Waals surface area (Å²) in [5.74, 6) is -2.09. The van der Waals surface area contributed by atoms with E-state index in [1.165, 1.54) is 0 Å². The van der Waals surface area contributed by atoms with Crippen molar-refractivity contribution in [3.05, 3.63) is 34.9 Å². The number of hydrogen-bond acceptors (Lipinski definition) is 6. The first-order valence-electron chi connectivity index (χ1n) is 8.48.